The molecule has 0 radical (unpaired) electrons. The van der Waals surface area contributed by atoms with Crippen molar-refractivity contribution in [1.29, 1.82) is 0 Å². The Balaban J connectivity index is 1.52. The van der Waals surface area contributed by atoms with Crippen molar-refractivity contribution in [3.63, 3.8) is 0 Å². The zero-order valence-corrected chi connectivity index (χ0v) is 15.5. The van der Waals surface area contributed by atoms with E-state index in [2.05, 4.69) is 14.9 Å². The van der Waals surface area contributed by atoms with Gasteiger partial charge in [0.25, 0.3) is 5.56 Å². The fourth-order valence-corrected chi connectivity index (χ4v) is 3.46. The highest BCUT2D eigenvalue weighted by molar-refractivity contribution is 5.60. The Morgan fingerprint density at radius 2 is 1.96 bits per heavy atom. The van der Waals surface area contributed by atoms with Crippen LogP contribution in [0.5, 0.6) is 5.75 Å². The topological polar surface area (TPSA) is 71.1 Å². The number of hydrogen-bond donors (Lipinski definition) is 1. The number of aromatic amines is 1. The van der Waals surface area contributed by atoms with Crippen molar-refractivity contribution in [1.82, 2.24) is 19.9 Å². The van der Waals surface area contributed by atoms with Gasteiger partial charge in [-0.3, -0.25) is 14.7 Å². The minimum absolute atomic E-state index is 0.0258. The van der Waals surface area contributed by atoms with E-state index < -0.39 is 0 Å². The highest BCUT2D eigenvalue weighted by atomic mass is 16.5. The van der Waals surface area contributed by atoms with Crippen LogP contribution in [0.15, 0.2) is 47.3 Å². The molecule has 1 N–H and O–H groups in total. The zero-order valence-electron chi connectivity index (χ0n) is 15.5. The molecule has 0 spiro atoms. The quantitative estimate of drug-likeness (QED) is 0.773. The summed E-state index contributed by atoms with van der Waals surface area (Å²) in [4.78, 5) is 26.6. The number of pyridine rings is 1. The van der Waals surface area contributed by atoms with Crippen molar-refractivity contribution in [2.75, 3.05) is 13.7 Å². The van der Waals surface area contributed by atoms with Gasteiger partial charge in [-0.2, -0.15) is 0 Å². The Morgan fingerprint density at radius 3 is 2.74 bits per heavy atom. The second-order valence-electron chi connectivity index (χ2n) is 6.78. The number of fused-ring (bicyclic) bond motifs is 1. The molecule has 6 heteroatoms. The van der Waals surface area contributed by atoms with Crippen LogP contribution in [0.4, 0.5) is 0 Å². The summed E-state index contributed by atoms with van der Waals surface area (Å²) in [6, 6.07) is 14.0. The average molecular weight is 362 g/mol. The molecule has 4 rings (SSSR count). The van der Waals surface area contributed by atoms with E-state index in [0.29, 0.717) is 18.9 Å². The summed E-state index contributed by atoms with van der Waals surface area (Å²) in [6.45, 7) is 4.00. The molecular formula is C21H22N4O2. The van der Waals surface area contributed by atoms with Gasteiger partial charge in [0, 0.05) is 31.6 Å². The van der Waals surface area contributed by atoms with E-state index in [1.54, 1.807) is 7.11 Å². The lowest BCUT2D eigenvalue weighted by Gasteiger charge is -2.27. The predicted octanol–water partition coefficient (Wildman–Crippen LogP) is 2.71. The lowest BCUT2D eigenvalue weighted by molar-refractivity contribution is 0.239. The van der Waals surface area contributed by atoms with Crippen molar-refractivity contribution >= 4 is 0 Å². The van der Waals surface area contributed by atoms with Crippen molar-refractivity contribution in [2.45, 2.75) is 26.4 Å². The number of benzene rings is 1. The van der Waals surface area contributed by atoms with Gasteiger partial charge in [0.1, 0.15) is 11.6 Å². The fraction of sp³-hybridized carbons (Fsp3) is 0.286. The molecule has 6 nitrogen and oxygen atoms in total. The summed E-state index contributed by atoms with van der Waals surface area (Å²) in [5.41, 5.74) is 4.65. The number of aromatic nitrogens is 3. The lowest BCUT2D eigenvalue weighted by atomic mass is 10.1. The number of ether oxygens (including phenoxy) is 1. The van der Waals surface area contributed by atoms with Gasteiger partial charge in [0.15, 0.2) is 0 Å². The first-order valence-corrected chi connectivity index (χ1v) is 9.04. The van der Waals surface area contributed by atoms with Crippen LogP contribution >= 0.6 is 0 Å². The summed E-state index contributed by atoms with van der Waals surface area (Å²) in [5, 5.41) is 0. The van der Waals surface area contributed by atoms with Gasteiger partial charge in [-0.1, -0.05) is 6.07 Å². The number of aryl methyl sites for hydroxylation is 1. The van der Waals surface area contributed by atoms with E-state index in [4.69, 9.17) is 9.72 Å². The van der Waals surface area contributed by atoms with Crippen LogP contribution in [-0.4, -0.2) is 33.5 Å². The number of nitrogens with zero attached hydrogens (tertiary/aromatic N) is 3. The second-order valence-corrected chi connectivity index (χ2v) is 6.78. The first-order valence-electron chi connectivity index (χ1n) is 9.04. The number of nitrogens with one attached hydrogen (secondary N) is 1. The van der Waals surface area contributed by atoms with Crippen LogP contribution in [0.25, 0.3) is 11.3 Å². The standard InChI is InChI=1S/C21H22N4O2/c1-14-22-20-10-11-25(13-18(20)21(26)23-14)12-16-4-3-5-19(24-16)15-6-8-17(27-2)9-7-15/h3-9H,10-13H2,1-2H3,(H,22,23,26). The summed E-state index contributed by atoms with van der Waals surface area (Å²) in [6.07, 6.45) is 0.790. The number of hydrogen-bond acceptors (Lipinski definition) is 5. The molecule has 0 amide bonds. The molecule has 1 aliphatic heterocycles. The largest absolute Gasteiger partial charge is 0.497 e. The molecule has 0 fully saturated rings. The Labute approximate surface area is 157 Å². The minimum Gasteiger partial charge on any atom is -0.497 e. The van der Waals surface area contributed by atoms with E-state index in [1.807, 2.05) is 49.4 Å². The van der Waals surface area contributed by atoms with E-state index in [0.717, 1.165) is 46.9 Å². The SMILES string of the molecule is COc1ccc(-c2cccc(CN3CCc4nc(C)[nH]c(=O)c4C3)n2)cc1. The summed E-state index contributed by atoms with van der Waals surface area (Å²) in [7, 11) is 1.66. The Hall–Kier alpha value is -2.99. The fourth-order valence-electron chi connectivity index (χ4n) is 3.46. The molecule has 3 heterocycles. The van der Waals surface area contributed by atoms with E-state index in [-0.39, 0.29) is 5.56 Å². The van der Waals surface area contributed by atoms with Crippen LogP contribution < -0.4 is 10.3 Å². The van der Waals surface area contributed by atoms with E-state index in [1.165, 1.54) is 0 Å². The van der Waals surface area contributed by atoms with E-state index >= 15 is 0 Å². The lowest BCUT2D eigenvalue weighted by Crippen LogP contribution is -2.35. The summed E-state index contributed by atoms with van der Waals surface area (Å²) < 4.78 is 5.21. The third-order valence-electron chi connectivity index (χ3n) is 4.84. The van der Waals surface area contributed by atoms with Crippen molar-refractivity contribution in [3.8, 4) is 17.0 Å². The zero-order chi connectivity index (χ0) is 18.8. The minimum atomic E-state index is -0.0258. The van der Waals surface area contributed by atoms with Crippen LogP contribution in [0.2, 0.25) is 0 Å². The van der Waals surface area contributed by atoms with Gasteiger partial charge in [-0.15, -0.1) is 0 Å². The second kappa shape index (κ2) is 7.32. The smallest absolute Gasteiger partial charge is 0.255 e. The van der Waals surface area contributed by atoms with Crippen LogP contribution in [0.1, 0.15) is 22.8 Å². The van der Waals surface area contributed by atoms with Crippen LogP contribution in [0.3, 0.4) is 0 Å². The highest BCUT2D eigenvalue weighted by Gasteiger charge is 2.21. The maximum atomic E-state index is 12.2. The summed E-state index contributed by atoms with van der Waals surface area (Å²) in [5.74, 6) is 1.51. The van der Waals surface area contributed by atoms with Gasteiger partial charge in [0.2, 0.25) is 0 Å². The predicted molar refractivity (Wildman–Crippen MR) is 104 cm³/mol. The molecule has 27 heavy (non-hydrogen) atoms. The maximum Gasteiger partial charge on any atom is 0.255 e. The highest BCUT2D eigenvalue weighted by Crippen LogP contribution is 2.22. The monoisotopic (exact) mass is 362 g/mol. The third-order valence-corrected chi connectivity index (χ3v) is 4.84. The third kappa shape index (κ3) is 3.75. The number of methoxy groups -OCH3 is 1. The van der Waals surface area contributed by atoms with Gasteiger partial charge >= 0.3 is 0 Å². The van der Waals surface area contributed by atoms with Crippen molar-refractivity contribution in [2.24, 2.45) is 0 Å². The van der Waals surface area contributed by atoms with Crippen LogP contribution in [-0.2, 0) is 19.5 Å². The van der Waals surface area contributed by atoms with Crippen molar-refractivity contribution in [3.05, 3.63) is 75.6 Å². The molecular weight excluding hydrogens is 340 g/mol. The summed E-state index contributed by atoms with van der Waals surface area (Å²) >= 11 is 0. The molecule has 0 unspecified atom stereocenters. The molecule has 2 aromatic heterocycles. The molecule has 1 aromatic carbocycles. The Morgan fingerprint density at radius 1 is 1.15 bits per heavy atom. The number of rotatable bonds is 4. The first kappa shape index (κ1) is 17.4. The van der Waals surface area contributed by atoms with Gasteiger partial charge in [-0.25, -0.2) is 4.98 Å². The Bertz CT molecular complexity index is 1010. The van der Waals surface area contributed by atoms with Crippen molar-refractivity contribution < 1.29 is 4.74 Å². The van der Waals surface area contributed by atoms with Crippen LogP contribution in [0, 0.1) is 6.92 Å². The molecule has 0 aliphatic carbocycles. The maximum absolute atomic E-state index is 12.2. The Kier molecular flexibility index (Phi) is 4.73. The number of H-pyrrole nitrogens is 1. The molecule has 0 saturated heterocycles. The molecule has 138 valence electrons. The van der Waals surface area contributed by atoms with E-state index in [9.17, 15) is 4.79 Å². The first-order chi connectivity index (χ1) is 13.1. The molecule has 3 aromatic rings. The normalized spacial score (nSPS) is 14.0. The van der Waals surface area contributed by atoms with Gasteiger partial charge < -0.3 is 9.72 Å². The molecule has 0 atom stereocenters. The molecule has 0 saturated carbocycles. The van der Waals surface area contributed by atoms with Gasteiger partial charge in [-0.05, 0) is 43.3 Å². The average Bonchev–Trinajstić information content (AvgIpc) is 2.69. The molecule has 0 bridgehead atoms. The van der Waals surface area contributed by atoms with Gasteiger partial charge in [0.05, 0.1) is 29.8 Å². The molecule has 1 aliphatic rings.